The molecule has 32 heavy (non-hydrogen) atoms. The van der Waals surface area contributed by atoms with Gasteiger partial charge in [-0.15, -0.1) is 0 Å². The molecule has 7 heteroatoms. The summed E-state index contributed by atoms with van der Waals surface area (Å²) in [5.74, 6) is -0.802. The van der Waals surface area contributed by atoms with Gasteiger partial charge in [-0.25, -0.2) is 13.8 Å². The van der Waals surface area contributed by atoms with Gasteiger partial charge in [-0.2, -0.15) is 0 Å². The average molecular weight is 443 g/mol. The molecule has 170 valence electrons. The third kappa shape index (κ3) is 4.99. The molecule has 0 bridgehead atoms. The van der Waals surface area contributed by atoms with E-state index in [2.05, 4.69) is 5.32 Å². The van der Waals surface area contributed by atoms with Crippen molar-refractivity contribution < 1.29 is 23.2 Å². The summed E-state index contributed by atoms with van der Waals surface area (Å²) in [6.45, 7) is 0.469. The van der Waals surface area contributed by atoms with Crippen LogP contribution >= 0.6 is 0 Å². The second-order valence-electron chi connectivity index (χ2n) is 8.70. The fraction of sp³-hybridized carbons (Fsp3) is 0.440. The second-order valence-corrected chi connectivity index (χ2v) is 8.70. The van der Waals surface area contributed by atoms with Crippen molar-refractivity contribution in [2.24, 2.45) is 11.8 Å². The van der Waals surface area contributed by atoms with Crippen LogP contribution in [-0.2, 0) is 16.1 Å². The molecule has 5 nitrogen and oxygen atoms in total. The van der Waals surface area contributed by atoms with Gasteiger partial charge < -0.3 is 5.32 Å². The van der Waals surface area contributed by atoms with Crippen LogP contribution in [0.5, 0.6) is 0 Å². The van der Waals surface area contributed by atoms with Crippen LogP contribution in [0, 0.1) is 23.5 Å². The molecule has 2 aliphatic rings. The van der Waals surface area contributed by atoms with E-state index in [1.807, 2.05) is 0 Å². The molecule has 0 spiro atoms. The molecule has 1 heterocycles. The Labute approximate surface area is 186 Å². The van der Waals surface area contributed by atoms with Gasteiger partial charge in [-0.3, -0.25) is 14.4 Å². The standard InChI is InChI=1S/C25H28F2N2O3/c1-28-24(30)20-13-17(14-22(27)15-20)12-16-2-4-19(5-3-16)25(31)29-23(10-11-32-29)18-6-8-21(26)9-7-18/h6-9,13-16,19,23H,2-5,10-12H2,1H3,(H,28,30)/t16-,19-,23-/m0/s1. The molecular weight excluding hydrogens is 414 g/mol. The zero-order valence-corrected chi connectivity index (χ0v) is 18.2. The number of hydrogen-bond donors (Lipinski definition) is 1. The molecule has 1 saturated carbocycles. The Balaban J connectivity index is 1.35. The lowest BCUT2D eigenvalue weighted by Gasteiger charge is -2.32. The zero-order valence-electron chi connectivity index (χ0n) is 18.2. The number of nitrogens with zero attached hydrogens (tertiary/aromatic N) is 1. The molecule has 0 aromatic heterocycles. The molecule has 0 radical (unpaired) electrons. The van der Waals surface area contributed by atoms with Crippen LogP contribution in [0.4, 0.5) is 8.78 Å². The quantitative estimate of drug-likeness (QED) is 0.738. The topological polar surface area (TPSA) is 58.6 Å². The normalized spacial score (nSPS) is 23.2. The Bertz CT molecular complexity index is 972. The van der Waals surface area contributed by atoms with E-state index in [0.717, 1.165) is 36.8 Å². The highest BCUT2D eigenvalue weighted by molar-refractivity contribution is 5.94. The largest absolute Gasteiger partial charge is 0.355 e. The summed E-state index contributed by atoms with van der Waals surface area (Å²) in [5.41, 5.74) is 2.01. The Morgan fingerprint density at radius 2 is 1.72 bits per heavy atom. The molecule has 1 saturated heterocycles. The van der Waals surface area contributed by atoms with Crippen molar-refractivity contribution in [2.45, 2.75) is 44.6 Å². The van der Waals surface area contributed by atoms with E-state index in [-0.39, 0.29) is 29.6 Å². The highest BCUT2D eigenvalue weighted by Gasteiger charge is 2.37. The van der Waals surface area contributed by atoms with Gasteiger partial charge in [0.15, 0.2) is 0 Å². The van der Waals surface area contributed by atoms with E-state index in [1.165, 1.54) is 36.4 Å². The molecule has 2 amide bonds. The van der Waals surface area contributed by atoms with Gasteiger partial charge in [0.2, 0.25) is 5.91 Å². The lowest BCUT2D eigenvalue weighted by Crippen LogP contribution is -2.36. The Kier molecular flexibility index (Phi) is 6.84. The number of carbonyl (C=O) groups is 2. The Morgan fingerprint density at radius 1 is 1.00 bits per heavy atom. The number of benzene rings is 2. The summed E-state index contributed by atoms with van der Waals surface area (Å²) < 4.78 is 27.2. The maximum atomic E-state index is 14.0. The molecule has 1 aliphatic heterocycles. The number of nitrogens with one attached hydrogen (secondary N) is 1. The van der Waals surface area contributed by atoms with Crippen LogP contribution in [0.1, 0.15) is 59.6 Å². The first-order chi connectivity index (χ1) is 15.4. The highest BCUT2D eigenvalue weighted by Crippen LogP contribution is 2.37. The lowest BCUT2D eigenvalue weighted by molar-refractivity contribution is -0.183. The van der Waals surface area contributed by atoms with Crippen LogP contribution in [0.25, 0.3) is 0 Å². The first kappa shape index (κ1) is 22.4. The Morgan fingerprint density at radius 3 is 2.41 bits per heavy atom. The fourth-order valence-electron chi connectivity index (χ4n) is 4.84. The zero-order chi connectivity index (χ0) is 22.7. The summed E-state index contributed by atoms with van der Waals surface area (Å²) in [4.78, 5) is 30.7. The number of carbonyl (C=O) groups excluding carboxylic acids is 2. The molecule has 4 rings (SSSR count). The monoisotopic (exact) mass is 442 g/mol. The molecule has 1 aliphatic carbocycles. The van der Waals surface area contributed by atoms with Crippen molar-refractivity contribution in [1.29, 1.82) is 0 Å². The first-order valence-corrected chi connectivity index (χ1v) is 11.2. The van der Waals surface area contributed by atoms with Gasteiger partial charge in [-0.05, 0) is 79.5 Å². The minimum Gasteiger partial charge on any atom is -0.355 e. The summed E-state index contributed by atoms with van der Waals surface area (Å²) in [7, 11) is 1.52. The van der Waals surface area contributed by atoms with E-state index in [9.17, 15) is 18.4 Å². The molecule has 2 aromatic rings. The minimum absolute atomic E-state index is 0.0112. The van der Waals surface area contributed by atoms with E-state index < -0.39 is 5.82 Å². The van der Waals surface area contributed by atoms with Gasteiger partial charge in [0.1, 0.15) is 11.6 Å². The number of rotatable bonds is 5. The summed E-state index contributed by atoms with van der Waals surface area (Å²) >= 11 is 0. The third-order valence-electron chi connectivity index (χ3n) is 6.54. The highest BCUT2D eigenvalue weighted by atomic mass is 19.1. The van der Waals surface area contributed by atoms with Gasteiger partial charge in [0, 0.05) is 24.9 Å². The molecule has 1 N–H and O–H groups in total. The number of hydrogen-bond acceptors (Lipinski definition) is 3. The van der Waals surface area contributed by atoms with E-state index in [4.69, 9.17) is 4.84 Å². The molecule has 2 fully saturated rings. The SMILES string of the molecule is CNC(=O)c1cc(F)cc(C[C@H]2CC[C@H](C(=O)N3OCC[C@H]3c3ccc(F)cc3)CC2)c1. The van der Waals surface area contributed by atoms with Crippen LogP contribution in [-0.4, -0.2) is 30.5 Å². The third-order valence-corrected chi connectivity index (χ3v) is 6.54. The summed E-state index contributed by atoms with van der Waals surface area (Å²) in [5, 5.41) is 4.01. The predicted molar refractivity (Wildman–Crippen MR) is 115 cm³/mol. The van der Waals surface area contributed by atoms with Crippen molar-refractivity contribution in [3.63, 3.8) is 0 Å². The molecule has 0 unspecified atom stereocenters. The van der Waals surface area contributed by atoms with Gasteiger partial charge in [-0.1, -0.05) is 12.1 Å². The maximum absolute atomic E-state index is 14.0. The summed E-state index contributed by atoms with van der Waals surface area (Å²) in [6.07, 6.45) is 4.59. The van der Waals surface area contributed by atoms with Crippen molar-refractivity contribution in [1.82, 2.24) is 10.4 Å². The van der Waals surface area contributed by atoms with Crippen molar-refractivity contribution in [2.75, 3.05) is 13.7 Å². The van der Waals surface area contributed by atoms with Gasteiger partial charge in [0.25, 0.3) is 5.91 Å². The smallest absolute Gasteiger partial charge is 0.251 e. The van der Waals surface area contributed by atoms with Crippen LogP contribution in [0.2, 0.25) is 0 Å². The number of hydroxylamine groups is 2. The van der Waals surface area contributed by atoms with Crippen LogP contribution in [0.15, 0.2) is 42.5 Å². The maximum Gasteiger partial charge on any atom is 0.251 e. The van der Waals surface area contributed by atoms with Crippen LogP contribution < -0.4 is 5.32 Å². The number of halogens is 2. The van der Waals surface area contributed by atoms with Crippen molar-refractivity contribution >= 4 is 11.8 Å². The second kappa shape index (κ2) is 9.77. The van der Waals surface area contributed by atoms with E-state index in [0.29, 0.717) is 30.9 Å². The van der Waals surface area contributed by atoms with Crippen molar-refractivity contribution in [3.8, 4) is 0 Å². The fourth-order valence-corrected chi connectivity index (χ4v) is 4.84. The number of amides is 2. The van der Waals surface area contributed by atoms with E-state index in [1.54, 1.807) is 18.2 Å². The van der Waals surface area contributed by atoms with Crippen LogP contribution in [0.3, 0.4) is 0 Å². The first-order valence-electron chi connectivity index (χ1n) is 11.2. The van der Waals surface area contributed by atoms with Gasteiger partial charge >= 0.3 is 0 Å². The lowest BCUT2D eigenvalue weighted by atomic mass is 9.78. The van der Waals surface area contributed by atoms with E-state index >= 15 is 0 Å². The molecule has 1 atom stereocenters. The molecule has 2 aromatic carbocycles. The minimum atomic E-state index is -0.414. The Hall–Kier alpha value is -2.80. The van der Waals surface area contributed by atoms with Crippen molar-refractivity contribution in [3.05, 3.63) is 70.8 Å². The molecular formula is C25H28F2N2O3. The average Bonchev–Trinajstić information content (AvgIpc) is 3.28. The van der Waals surface area contributed by atoms with Gasteiger partial charge in [0.05, 0.1) is 12.6 Å². The summed E-state index contributed by atoms with van der Waals surface area (Å²) in [6, 6.07) is 10.5. The predicted octanol–water partition coefficient (Wildman–Crippen LogP) is 4.58.